The van der Waals surface area contributed by atoms with Crippen LogP contribution in [0.4, 0.5) is 5.13 Å². The monoisotopic (exact) mass is 212 g/mol. The quantitative estimate of drug-likeness (QED) is 0.696. The van der Waals surface area contributed by atoms with Crippen LogP contribution in [0.5, 0.6) is 0 Å². The zero-order chi connectivity index (χ0) is 9.80. The highest BCUT2D eigenvalue weighted by molar-refractivity contribution is 7.09. The fraction of sp³-hybridized carbons (Fsp3) is 0.625. The van der Waals surface area contributed by atoms with Gasteiger partial charge in [-0.3, -0.25) is 4.79 Å². The van der Waals surface area contributed by atoms with Crippen molar-refractivity contribution in [3.63, 3.8) is 0 Å². The summed E-state index contributed by atoms with van der Waals surface area (Å²) in [6.07, 6.45) is 3.61. The van der Waals surface area contributed by atoms with Gasteiger partial charge in [-0.2, -0.15) is 4.37 Å². The predicted molar refractivity (Wildman–Crippen MR) is 54.1 cm³/mol. The number of amides is 1. The third-order valence-corrected chi connectivity index (χ3v) is 2.63. The Morgan fingerprint density at radius 2 is 2.43 bits per heavy atom. The van der Waals surface area contributed by atoms with Crippen molar-refractivity contribution in [1.29, 1.82) is 0 Å². The molecule has 1 amide bonds. The molecule has 76 valence electrons. The topological polar surface area (TPSA) is 66.9 Å². The summed E-state index contributed by atoms with van der Waals surface area (Å²) < 4.78 is 3.85. The van der Waals surface area contributed by atoms with Crippen molar-refractivity contribution in [2.24, 2.45) is 5.92 Å². The van der Waals surface area contributed by atoms with Crippen molar-refractivity contribution < 1.29 is 4.79 Å². The van der Waals surface area contributed by atoms with Gasteiger partial charge >= 0.3 is 0 Å². The molecule has 6 heteroatoms. The molecule has 0 aromatic carbocycles. The molecule has 5 nitrogen and oxygen atoms in total. The molecule has 1 aromatic heterocycles. The second kappa shape index (κ2) is 4.36. The van der Waals surface area contributed by atoms with Gasteiger partial charge in [-0.1, -0.05) is 0 Å². The smallest absolute Gasteiger partial charge is 0.223 e. The zero-order valence-electron chi connectivity index (χ0n) is 7.69. The number of hydrogen-bond donors (Lipinski definition) is 2. The SMILES string of the molecule is O=C(NCCNc1ncns1)C1CC1. The van der Waals surface area contributed by atoms with E-state index in [1.165, 1.54) is 17.9 Å². The number of nitrogens with zero attached hydrogens (tertiary/aromatic N) is 2. The molecule has 1 fully saturated rings. The van der Waals surface area contributed by atoms with E-state index in [1.54, 1.807) is 0 Å². The first kappa shape index (κ1) is 9.39. The molecule has 0 atom stereocenters. The average Bonchev–Trinajstić information content (AvgIpc) is 2.92. The van der Waals surface area contributed by atoms with Gasteiger partial charge in [0.15, 0.2) is 0 Å². The fourth-order valence-electron chi connectivity index (χ4n) is 1.10. The molecule has 1 aliphatic carbocycles. The van der Waals surface area contributed by atoms with Crippen LogP contribution >= 0.6 is 11.5 Å². The van der Waals surface area contributed by atoms with Gasteiger partial charge < -0.3 is 10.6 Å². The summed E-state index contributed by atoms with van der Waals surface area (Å²) in [5.41, 5.74) is 0. The zero-order valence-corrected chi connectivity index (χ0v) is 8.51. The van der Waals surface area contributed by atoms with Gasteiger partial charge in [-0.15, -0.1) is 0 Å². The Labute approximate surface area is 86.1 Å². The molecule has 0 saturated heterocycles. The van der Waals surface area contributed by atoms with Crippen LogP contribution < -0.4 is 10.6 Å². The minimum atomic E-state index is 0.184. The van der Waals surface area contributed by atoms with Crippen LogP contribution in [0.3, 0.4) is 0 Å². The van der Waals surface area contributed by atoms with Gasteiger partial charge in [-0.05, 0) is 12.8 Å². The molecule has 1 heterocycles. The highest BCUT2D eigenvalue weighted by Gasteiger charge is 2.28. The van der Waals surface area contributed by atoms with Crippen LogP contribution in [0.25, 0.3) is 0 Å². The molecule has 0 aliphatic heterocycles. The van der Waals surface area contributed by atoms with Crippen molar-refractivity contribution >= 4 is 22.6 Å². The number of hydrogen-bond acceptors (Lipinski definition) is 5. The Hall–Kier alpha value is -1.17. The normalized spacial score (nSPS) is 15.1. The van der Waals surface area contributed by atoms with Crippen LogP contribution in [0.1, 0.15) is 12.8 Å². The minimum absolute atomic E-state index is 0.184. The number of rotatable bonds is 5. The van der Waals surface area contributed by atoms with Gasteiger partial charge in [-0.25, -0.2) is 4.98 Å². The lowest BCUT2D eigenvalue weighted by atomic mass is 10.4. The van der Waals surface area contributed by atoms with Crippen LogP contribution in [0.2, 0.25) is 0 Å². The third kappa shape index (κ3) is 2.66. The maximum atomic E-state index is 11.2. The van der Waals surface area contributed by atoms with E-state index < -0.39 is 0 Å². The van der Waals surface area contributed by atoms with Crippen LogP contribution in [-0.4, -0.2) is 28.4 Å². The Balaban J connectivity index is 1.57. The fourth-order valence-corrected chi connectivity index (χ4v) is 1.55. The van der Waals surface area contributed by atoms with Crippen molar-refractivity contribution in [2.75, 3.05) is 18.4 Å². The van der Waals surface area contributed by atoms with E-state index in [0.29, 0.717) is 13.1 Å². The second-order valence-electron chi connectivity index (χ2n) is 3.24. The molecule has 14 heavy (non-hydrogen) atoms. The summed E-state index contributed by atoms with van der Waals surface area (Å²) in [7, 11) is 0. The van der Waals surface area contributed by atoms with Gasteiger partial charge in [0.25, 0.3) is 0 Å². The Morgan fingerprint density at radius 1 is 1.57 bits per heavy atom. The van der Waals surface area contributed by atoms with Gasteiger partial charge in [0.2, 0.25) is 11.0 Å². The number of carbonyl (C=O) groups excluding carboxylic acids is 1. The van der Waals surface area contributed by atoms with Crippen molar-refractivity contribution in [3.8, 4) is 0 Å². The number of nitrogens with one attached hydrogen (secondary N) is 2. The highest BCUT2D eigenvalue weighted by Crippen LogP contribution is 2.28. The highest BCUT2D eigenvalue weighted by atomic mass is 32.1. The van der Waals surface area contributed by atoms with E-state index in [4.69, 9.17) is 0 Å². The standard InChI is InChI=1S/C8H12N4OS/c13-7(6-1-2-6)9-3-4-10-8-11-5-12-14-8/h5-6H,1-4H2,(H,9,13)(H,10,11,12). The molecule has 1 aromatic rings. The number of aromatic nitrogens is 2. The largest absolute Gasteiger partial charge is 0.359 e. The lowest BCUT2D eigenvalue weighted by Crippen LogP contribution is -2.29. The molecule has 1 saturated carbocycles. The molecule has 2 rings (SSSR count). The first-order chi connectivity index (χ1) is 6.86. The summed E-state index contributed by atoms with van der Waals surface area (Å²) in [5.74, 6) is 0.473. The lowest BCUT2D eigenvalue weighted by Gasteiger charge is -2.03. The van der Waals surface area contributed by atoms with E-state index >= 15 is 0 Å². The molecular formula is C8H12N4OS. The lowest BCUT2D eigenvalue weighted by molar-refractivity contribution is -0.122. The van der Waals surface area contributed by atoms with E-state index in [-0.39, 0.29) is 11.8 Å². The Kier molecular flexibility index (Phi) is 2.93. The molecular weight excluding hydrogens is 200 g/mol. The second-order valence-corrected chi connectivity index (χ2v) is 4.02. The molecule has 1 aliphatic rings. The summed E-state index contributed by atoms with van der Waals surface area (Å²) >= 11 is 1.32. The summed E-state index contributed by atoms with van der Waals surface area (Å²) in [5, 5.41) is 6.73. The molecule has 0 spiro atoms. The van der Waals surface area contributed by atoms with Crippen molar-refractivity contribution in [2.45, 2.75) is 12.8 Å². The number of carbonyl (C=O) groups is 1. The number of anilines is 1. The average molecular weight is 212 g/mol. The molecule has 0 radical (unpaired) electrons. The molecule has 0 unspecified atom stereocenters. The van der Waals surface area contributed by atoms with E-state index in [2.05, 4.69) is 20.0 Å². The molecule has 2 N–H and O–H groups in total. The Bertz CT molecular complexity index is 296. The molecule has 0 bridgehead atoms. The Morgan fingerprint density at radius 3 is 3.07 bits per heavy atom. The van der Waals surface area contributed by atoms with Crippen molar-refractivity contribution in [3.05, 3.63) is 6.33 Å². The predicted octanol–water partition coefficient (Wildman–Crippen LogP) is 0.476. The van der Waals surface area contributed by atoms with Crippen LogP contribution in [0, 0.1) is 5.92 Å². The van der Waals surface area contributed by atoms with Gasteiger partial charge in [0.1, 0.15) is 6.33 Å². The maximum Gasteiger partial charge on any atom is 0.223 e. The van der Waals surface area contributed by atoms with Crippen LogP contribution in [0.15, 0.2) is 6.33 Å². The van der Waals surface area contributed by atoms with Gasteiger partial charge in [0.05, 0.1) is 0 Å². The summed E-state index contributed by atoms with van der Waals surface area (Å²) in [4.78, 5) is 15.2. The first-order valence-corrected chi connectivity index (χ1v) is 5.42. The minimum Gasteiger partial charge on any atom is -0.359 e. The van der Waals surface area contributed by atoms with Crippen molar-refractivity contribution in [1.82, 2.24) is 14.7 Å². The summed E-state index contributed by atoms with van der Waals surface area (Å²) in [6, 6.07) is 0. The van der Waals surface area contributed by atoms with Gasteiger partial charge in [0, 0.05) is 30.5 Å². The summed E-state index contributed by atoms with van der Waals surface area (Å²) in [6.45, 7) is 1.35. The third-order valence-electron chi connectivity index (χ3n) is 2.01. The van der Waals surface area contributed by atoms with Crippen LogP contribution in [-0.2, 0) is 4.79 Å². The van der Waals surface area contributed by atoms with E-state index in [9.17, 15) is 4.79 Å². The first-order valence-electron chi connectivity index (χ1n) is 4.64. The van der Waals surface area contributed by atoms with E-state index in [1.807, 2.05) is 0 Å². The maximum absolute atomic E-state index is 11.2. The van der Waals surface area contributed by atoms with E-state index in [0.717, 1.165) is 18.0 Å².